The van der Waals surface area contributed by atoms with Gasteiger partial charge in [0.15, 0.2) is 0 Å². The standard InChI is InChI=1S/C11H17NO6.3CH4/c13-6-2-8-17-7-1-3-11(16)18-12-9(14)4-5-10(12)15;;;/h13H,1-8H2;3*1H4. The lowest BCUT2D eigenvalue weighted by molar-refractivity contribution is -0.197. The third kappa shape index (κ3) is 9.14. The summed E-state index contributed by atoms with van der Waals surface area (Å²) in [4.78, 5) is 38.3. The van der Waals surface area contributed by atoms with Gasteiger partial charge in [0.25, 0.3) is 11.8 Å². The maximum atomic E-state index is 11.3. The van der Waals surface area contributed by atoms with E-state index in [1.165, 1.54) is 0 Å². The van der Waals surface area contributed by atoms with Gasteiger partial charge in [-0.1, -0.05) is 22.3 Å². The molecule has 0 spiro atoms. The molecule has 0 saturated carbocycles. The Morgan fingerprint density at radius 1 is 1.05 bits per heavy atom. The van der Waals surface area contributed by atoms with E-state index in [9.17, 15) is 14.4 Å². The quantitative estimate of drug-likeness (QED) is 0.541. The number of hydrogen-bond donors (Lipinski definition) is 1. The minimum atomic E-state index is -0.621. The number of imide groups is 1. The molecule has 0 radical (unpaired) electrons. The van der Waals surface area contributed by atoms with Gasteiger partial charge in [0.05, 0.1) is 6.42 Å². The highest BCUT2D eigenvalue weighted by Gasteiger charge is 2.32. The molecular formula is C14H29NO6. The first kappa shape index (κ1) is 24.5. The Morgan fingerprint density at radius 3 is 2.10 bits per heavy atom. The van der Waals surface area contributed by atoms with Gasteiger partial charge in [0, 0.05) is 32.7 Å². The molecule has 0 aromatic heterocycles. The van der Waals surface area contributed by atoms with Gasteiger partial charge in [-0.15, -0.1) is 5.06 Å². The molecular weight excluding hydrogens is 278 g/mol. The highest BCUT2D eigenvalue weighted by atomic mass is 16.7. The Kier molecular flexibility index (Phi) is 15.8. The minimum absolute atomic E-state index is 0. The summed E-state index contributed by atoms with van der Waals surface area (Å²) in [6, 6.07) is 0. The molecule has 7 heteroatoms. The molecule has 2 amide bonds. The van der Waals surface area contributed by atoms with Crippen molar-refractivity contribution in [2.75, 3.05) is 19.8 Å². The number of ether oxygens (including phenoxy) is 1. The average Bonchev–Trinajstić information content (AvgIpc) is 2.65. The van der Waals surface area contributed by atoms with Gasteiger partial charge in [-0.25, -0.2) is 4.79 Å². The van der Waals surface area contributed by atoms with Crippen LogP contribution >= 0.6 is 0 Å². The van der Waals surface area contributed by atoms with Crippen molar-refractivity contribution in [3.05, 3.63) is 0 Å². The van der Waals surface area contributed by atoms with Crippen molar-refractivity contribution >= 4 is 17.8 Å². The highest BCUT2D eigenvalue weighted by Crippen LogP contribution is 2.12. The van der Waals surface area contributed by atoms with Gasteiger partial charge < -0.3 is 14.7 Å². The van der Waals surface area contributed by atoms with Gasteiger partial charge in [-0.2, -0.15) is 0 Å². The van der Waals surface area contributed by atoms with Crippen LogP contribution in [0.15, 0.2) is 0 Å². The summed E-state index contributed by atoms with van der Waals surface area (Å²) in [6.45, 7) is 0.882. The zero-order chi connectivity index (χ0) is 13.4. The molecule has 1 N–H and O–H groups in total. The molecule has 1 fully saturated rings. The molecule has 1 aliphatic heterocycles. The van der Waals surface area contributed by atoms with Gasteiger partial charge in [-0.05, 0) is 12.8 Å². The van der Waals surface area contributed by atoms with E-state index < -0.39 is 17.8 Å². The van der Waals surface area contributed by atoms with Gasteiger partial charge >= 0.3 is 5.97 Å². The zero-order valence-electron chi connectivity index (χ0n) is 10.1. The second-order valence-corrected chi connectivity index (χ2v) is 3.84. The number of nitrogens with zero attached hydrogens (tertiary/aromatic N) is 1. The molecule has 0 atom stereocenters. The summed E-state index contributed by atoms with van der Waals surface area (Å²) in [5, 5.41) is 9.03. The summed E-state index contributed by atoms with van der Waals surface area (Å²) in [7, 11) is 0. The van der Waals surface area contributed by atoms with E-state index in [1.54, 1.807) is 0 Å². The molecule has 0 aromatic rings. The van der Waals surface area contributed by atoms with Crippen LogP contribution in [0.1, 0.15) is 54.4 Å². The van der Waals surface area contributed by atoms with Crippen LogP contribution in [0.2, 0.25) is 0 Å². The van der Waals surface area contributed by atoms with Crippen molar-refractivity contribution in [1.29, 1.82) is 0 Å². The summed E-state index contributed by atoms with van der Waals surface area (Å²) in [5.74, 6) is -1.58. The van der Waals surface area contributed by atoms with E-state index >= 15 is 0 Å². The topological polar surface area (TPSA) is 93.1 Å². The Bertz CT molecular complexity index is 303. The van der Waals surface area contributed by atoms with Crippen LogP contribution in [-0.4, -0.2) is 47.8 Å². The van der Waals surface area contributed by atoms with Crippen molar-refractivity contribution in [1.82, 2.24) is 5.06 Å². The lowest BCUT2D eigenvalue weighted by Gasteiger charge is -2.12. The Morgan fingerprint density at radius 2 is 1.57 bits per heavy atom. The minimum Gasteiger partial charge on any atom is -0.396 e. The lowest BCUT2D eigenvalue weighted by atomic mass is 10.3. The molecule has 1 rings (SSSR count). The normalized spacial score (nSPS) is 13.1. The maximum absolute atomic E-state index is 11.3. The van der Waals surface area contributed by atoms with E-state index in [-0.39, 0.29) is 48.1 Å². The molecule has 0 aliphatic carbocycles. The molecule has 0 unspecified atom stereocenters. The first-order valence-electron chi connectivity index (χ1n) is 5.90. The zero-order valence-corrected chi connectivity index (χ0v) is 10.1. The van der Waals surface area contributed by atoms with Gasteiger partial charge in [-0.3, -0.25) is 9.59 Å². The molecule has 0 aromatic carbocycles. The second-order valence-electron chi connectivity index (χ2n) is 3.84. The monoisotopic (exact) mass is 307 g/mol. The van der Waals surface area contributed by atoms with Crippen LogP contribution in [0.5, 0.6) is 0 Å². The fourth-order valence-electron chi connectivity index (χ4n) is 1.39. The van der Waals surface area contributed by atoms with E-state index in [1.807, 2.05) is 0 Å². The Hall–Kier alpha value is -1.47. The summed E-state index contributed by atoms with van der Waals surface area (Å²) < 4.78 is 5.12. The summed E-state index contributed by atoms with van der Waals surface area (Å²) in [6.07, 6.45) is 1.27. The molecule has 1 heterocycles. The third-order valence-electron chi connectivity index (χ3n) is 2.32. The average molecular weight is 307 g/mol. The lowest BCUT2D eigenvalue weighted by Crippen LogP contribution is -2.32. The van der Waals surface area contributed by atoms with Gasteiger partial charge in [0.2, 0.25) is 0 Å². The molecule has 7 nitrogen and oxygen atoms in total. The fraction of sp³-hybridized carbons (Fsp3) is 0.786. The highest BCUT2D eigenvalue weighted by molar-refractivity contribution is 6.01. The van der Waals surface area contributed by atoms with Crippen LogP contribution in [0.4, 0.5) is 0 Å². The Balaban J connectivity index is -0.00000108. The van der Waals surface area contributed by atoms with Crippen molar-refractivity contribution in [2.24, 2.45) is 0 Å². The predicted molar refractivity (Wildman–Crippen MR) is 79.1 cm³/mol. The molecule has 21 heavy (non-hydrogen) atoms. The molecule has 126 valence electrons. The Labute approximate surface area is 127 Å². The summed E-state index contributed by atoms with van der Waals surface area (Å²) in [5.41, 5.74) is 0. The largest absolute Gasteiger partial charge is 0.396 e. The van der Waals surface area contributed by atoms with Crippen LogP contribution in [-0.2, 0) is 24.0 Å². The van der Waals surface area contributed by atoms with E-state index in [2.05, 4.69) is 4.84 Å². The first-order valence-corrected chi connectivity index (χ1v) is 5.90. The van der Waals surface area contributed by atoms with E-state index in [0.717, 1.165) is 0 Å². The van der Waals surface area contributed by atoms with Crippen molar-refractivity contribution < 1.29 is 29.1 Å². The SMILES string of the molecule is C.C.C.O=C(CCCOCCCO)ON1C(=O)CCC1=O. The van der Waals surface area contributed by atoms with Gasteiger partial charge in [0.1, 0.15) is 0 Å². The van der Waals surface area contributed by atoms with E-state index in [4.69, 9.17) is 9.84 Å². The smallest absolute Gasteiger partial charge is 0.333 e. The van der Waals surface area contributed by atoms with Crippen LogP contribution in [0.3, 0.4) is 0 Å². The fourth-order valence-corrected chi connectivity index (χ4v) is 1.39. The van der Waals surface area contributed by atoms with Crippen molar-refractivity contribution in [2.45, 2.75) is 54.4 Å². The van der Waals surface area contributed by atoms with Crippen molar-refractivity contribution in [3.8, 4) is 0 Å². The maximum Gasteiger partial charge on any atom is 0.333 e. The molecule has 0 bridgehead atoms. The number of carbonyl (C=O) groups excluding carboxylic acids is 3. The number of hydroxylamine groups is 2. The molecule has 1 saturated heterocycles. The second kappa shape index (κ2) is 13.5. The van der Waals surface area contributed by atoms with Crippen LogP contribution < -0.4 is 0 Å². The first-order chi connectivity index (χ1) is 8.65. The number of carbonyl (C=O) groups is 3. The number of hydrogen-bond acceptors (Lipinski definition) is 6. The predicted octanol–water partition coefficient (Wildman–Crippen LogP) is 1.68. The third-order valence-corrected chi connectivity index (χ3v) is 2.32. The number of aliphatic hydroxyl groups excluding tert-OH is 1. The van der Waals surface area contributed by atoms with Crippen LogP contribution in [0, 0.1) is 0 Å². The number of amides is 2. The number of aliphatic hydroxyl groups is 1. The molecule has 1 aliphatic rings. The summed E-state index contributed by atoms with van der Waals surface area (Å²) >= 11 is 0. The van der Waals surface area contributed by atoms with Crippen molar-refractivity contribution in [3.63, 3.8) is 0 Å². The van der Waals surface area contributed by atoms with Crippen LogP contribution in [0.25, 0.3) is 0 Å². The van der Waals surface area contributed by atoms with E-state index in [0.29, 0.717) is 31.1 Å². The number of rotatable bonds is 8.